The van der Waals surface area contributed by atoms with Crippen LogP contribution in [-0.4, -0.2) is 50.7 Å². The van der Waals surface area contributed by atoms with Crippen LogP contribution in [-0.2, 0) is 10.2 Å². The predicted molar refractivity (Wildman–Crippen MR) is 112 cm³/mol. The standard InChI is InChI=1S/C23H30N2O3/c1-23(2,3)18-9-5-6-10-19(18)24-13-15-25(16-14-24)22(26)17-28-21-12-8-7-11-20(21)27-4/h5-12H,13-17H2,1-4H3. The van der Waals surface area contributed by atoms with Gasteiger partial charge in [0.1, 0.15) is 0 Å². The number of rotatable bonds is 5. The smallest absolute Gasteiger partial charge is 0.260 e. The van der Waals surface area contributed by atoms with Crippen molar-refractivity contribution in [1.82, 2.24) is 4.90 Å². The van der Waals surface area contributed by atoms with Crippen LogP contribution in [0.4, 0.5) is 5.69 Å². The number of carbonyl (C=O) groups is 1. The number of nitrogens with zero attached hydrogens (tertiary/aromatic N) is 2. The summed E-state index contributed by atoms with van der Waals surface area (Å²) >= 11 is 0. The Morgan fingerprint density at radius 1 is 0.929 bits per heavy atom. The van der Waals surface area contributed by atoms with Crippen LogP contribution in [0.3, 0.4) is 0 Å². The molecule has 0 spiro atoms. The molecule has 28 heavy (non-hydrogen) atoms. The Hall–Kier alpha value is -2.69. The topological polar surface area (TPSA) is 42.0 Å². The van der Waals surface area contributed by atoms with Gasteiger partial charge in [-0.25, -0.2) is 0 Å². The Labute approximate surface area is 167 Å². The number of anilines is 1. The number of hydrogen-bond acceptors (Lipinski definition) is 4. The molecule has 0 radical (unpaired) electrons. The quantitative estimate of drug-likeness (QED) is 0.790. The van der Waals surface area contributed by atoms with Crippen molar-refractivity contribution in [3.05, 3.63) is 54.1 Å². The zero-order valence-corrected chi connectivity index (χ0v) is 17.3. The summed E-state index contributed by atoms with van der Waals surface area (Å²) in [6.45, 7) is 9.79. The van der Waals surface area contributed by atoms with Crippen molar-refractivity contribution in [3.8, 4) is 11.5 Å². The number of methoxy groups -OCH3 is 1. The van der Waals surface area contributed by atoms with Crippen molar-refractivity contribution in [2.45, 2.75) is 26.2 Å². The lowest BCUT2D eigenvalue weighted by atomic mass is 9.85. The molecule has 5 heteroatoms. The van der Waals surface area contributed by atoms with Gasteiger partial charge in [0.2, 0.25) is 0 Å². The minimum absolute atomic E-state index is 0.00895. The van der Waals surface area contributed by atoms with E-state index in [2.05, 4.69) is 49.9 Å². The summed E-state index contributed by atoms with van der Waals surface area (Å²) in [7, 11) is 1.60. The normalized spacial score (nSPS) is 14.7. The van der Waals surface area contributed by atoms with Gasteiger partial charge in [0, 0.05) is 31.9 Å². The number of para-hydroxylation sites is 3. The van der Waals surface area contributed by atoms with Gasteiger partial charge < -0.3 is 19.3 Å². The molecule has 0 unspecified atom stereocenters. The summed E-state index contributed by atoms with van der Waals surface area (Å²) in [5.41, 5.74) is 2.70. The van der Waals surface area contributed by atoms with E-state index >= 15 is 0 Å². The molecule has 150 valence electrons. The van der Waals surface area contributed by atoms with E-state index < -0.39 is 0 Å². The van der Waals surface area contributed by atoms with E-state index in [1.807, 2.05) is 29.2 Å². The van der Waals surface area contributed by atoms with E-state index in [0.29, 0.717) is 24.6 Å². The van der Waals surface area contributed by atoms with Gasteiger partial charge in [-0.2, -0.15) is 0 Å². The van der Waals surface area contributed by atoms with Crippen LogP contribution in [0.2, 0.25) is 0 Å². The summed E-state index contributed by atoms with van der Waals surface area (Å²) in [5, 5.41) is 0. The highest BCUT2D eigenvalue weighted by atomic mass is 16.5. The van der Waals surface area contributed by atoms with Crippen LogP contribution >= 0.6 is 0 Å². The van der Waals surface area contributed by atoms with Crippen molar-refractivity contribution in [2.24, 2.45) is 0 Å². The highest BCUT2D eigenvalue weighted by Gasteiger charge is 2.25. The average molecular weight is 383 g/mol. The minimum atomic E-state index is 0.00895. The fourth-order valence-corrected chi connectivity index (χ4v) is 3.55. The van der Waals surface area contributed by atoms with Crippen LogP contribution in [0.25, 0.3) is 0 Å². The maximum atomic E-state index is 12.6. The summed E-state index contributed by atoms with van der Waals surface area (Å²) in [5.74, 6) is 1.24. The molecular formula is C23H30N2O3. The molecule has 0 N–H and O–H groups in total. The Morgan fingerprint density at radius 2 is 1.54 bits per heavy atom. The molecule has 0 aliphatic carbocycles. The first kappa shape index (κ1) is 20.1. The van der Waals surface area contributed by atoms with Gasteiger partial charge in [-0.05, 0) is 29.2 Å². The molecule has 1 heterocycles. The Balaban J connectivity index is 1.58. The second kappa shape index (κ2) is 8.55. The van der Waals surface area contributed by atoms with Crippen molar-refractivity contribution < 1.29 is 14.3 Å². The molecule has 2 aromatic rings. The average Bonchev–Trinajstić information content (AvgIpc) is 2.71. The fraction of sp³-hybridized carbons (Fsp3) is 0.435. The molecule has 1 aliphatic heterocycles. The third kappa shape index (κ3) is 4.58. The van der Waals surface area contributed by atoms with E-state index in [1.54, 1.807) is 7.11 Å². The van der Waals surface area contributed by atoms with E-state index in [-0.39, 0.29) is 17.9 Å². The summed E-state index contributed by atoms with van der Waals surface area (Å²) in [6.07, 6.45) is 0. The molecule has 0 saturated carbocycles. The van der Waals surface area contributed by atoms with Crippen LogP contribution in [0.15, 0.2) is 48.5 Å². The molecule has 1 amide bonds. The Morgan fingerprint density at radius 3 is 2.18 bits per heavy atom. The Kier molecular flexibility index (Phi) is 6.12. The van der Waals surface area contributed by atoms with E-state index in [9.17, 15) is 4.79 Å². The SMILES string of the molecule is COc1ccccc1OCC(=O)N1CCN(c2ccccc2C(C)(C)C)CC1. The van der Waals surface area contributed by atoms with Crippen molar-refractivity contribution in [2.75, 3.05) is 44.8 Å². The molecule has 0 atom stereocenters. The summed E-state index contributed by atoms with van der Waals surface area (Å²) < 4.78 is 11.0. The van der Waals surface area contributed by atoms with E-state index in [1.165, 1.54) is 11.3 Å². The fourth-order valence-electron chi connectivity index (χ4n) is 3.55. The first-order valence-corrected chi connectivity index (χ1v) is 9.78. The molecule has 1 aliphatic rings. The molecule has 2 aromatic carbocycles. The molecular weight excluding hydrogens is 352 g/mol. The van der Waals surface area contributed by atoms with Crippen molar-refractivity contribution in [3.63, 3.8) is 0 Å². The second-order valence-electron chi connectivity index (χ2n) is 8.07. The van der Waals surface area contributed by atoms with Crippen molar-refractivity contribution in [1.29, 1.82) is 0 Å². The van der Waals surface area contributed by atoms with Gasteiger partial charge in [-0.1, -0.05) is 51.1 Å². The maximum Gasteiger partial charge on any atom is 0.260 e. The number of hydrogen-bond donors (Lipinski definition) is 0. The largest absolute Gasteiger partial charge is 0.493 e. The van der Waals surface area contributed by atoms with E-state index in [4.69, 9.17) is 9.47 Å². The second-order valence-corrected chi connectivity index (χ2v) is 8.07. The highest BCUT2D eigenvalue weighted by Crippen LogP contribution is 2.32. The number of benzene rings is 2. The van der Waals surface area contributed by atoms with Gasteiger partial charge in [0.25, 0.3) is 5.91 Å². The third-order valence-corrected chi connectivity index (χ3v) is 5.11. The van der Waals surface area contributed by atoms with Crippen LogP contribution in [0.5, 0.6) is 11.5 Å². The molecule has 0 bridgehead atoms. The van der Waals surface area contributed by atoms with Crippen molar-refractivity contribution >= 4 is 11.6 Å². The lowest BCUT2D eigenvalue weighted by molar-refractivity contribution is -0.133. The van der Waals surface area contributed by atoms with Gasteiger partial charge in [-0.15, -0.1) is 0 Å². The lowest BCUT2D eigenvalue weighted by Crippen LogP contribution is -2.50. The summed E-state index contributed by atoms with van der Waals surface area (Å²) in [6, 6.07) is 16.0. The van der Waals surface area contributed by atoms with E-state index in [0.717, 1.165) is 13.1 Å². The molecule has 0 aromatic heterocycles. The number of carbonyl (C=O) groups excluding carboxylic acids is 1. The predicted octanol–water partition coefficient (Wildman–Crippen LogP) is 3.72. The van der Waals surface area contributed by atoms with Gasteiger partial charge in [0.15, 0.2) is 18.1 Å². The summed E-state index contributed by atoms with van der Waals surface area (Å²) in [4.78, 5) is 16.8. The number of ether oxygens (including phenoxy) is 2. The number of piperazine rings is 1. The zero-order chi connectivity index (χ0) is 20.1. The minimum Gasteiger partial charge on any atom is -0.493 e. The first-order valence-electron chi connectivity index (χ1n) is 9.78. The van der Waals surface area contributed by atoms with Crippen LogP contribution < -0.4 is 14.4 Å². The molecule has 1 saturated heterocycles. The first-order chi connectivity index (χ1) is 13.4. The van der Waals surface area contributed by atoms with Gasteiger partial charge in [0.05, 0.1) is 7.11 Å². The number of amides is 1. The van der Waals surface area contributed by atoms with Gasteiger partial charge in [-0.3, -0.25) is 4.79 Å². The van der Waals surface area contributed by atoms with Crippen LogP contribution in [0.1, 0.15) is 26.3 Å². The lowest BCUT2D eigenvalue weighted by Gasteiger charge is -2.38. The third-order valence-electron chi connectivity index (χ3n) is 5.11. The zero-order valence-electron chi connectivity index (χ0n) is 17.3. The molecule has 5 nitrogen and oxygen atoms in total. The monoisotopic (exact) mass is 382 g/mol. The molecule has 3 rings (SSSR count). The van der Waals surface area contributed by atoms with Gasteiger partial charge >= 0.3 is 0 Å². The molecule has 1 fully saturated rings. The van der Waals surface area contributed by atoms with Crippen LogP contribution in [0, 0.1) is 0 Å². The maximum absolute atomic E-state index is 12.6. The Bertz CT molecular complexity index is 805. The highest BCUT2D eigenvalue weighted by molar-refractivity contribution is 5.78.